The number of nitrogens with zero attached hydrogens (tertiary/aromatic N) is 2. The number of fused-ring (bicyclic) bond motifs is 1. The number of nitro groups is 1. The number of aryl methyl sites for hydroxylation is 1. The maximum atomic E-state index is 10.9. The monoisotopic (exact) mass is 268 g/mol. The molecular formula is C14H12N4O2. The Balaban J connectivity index is 1.98. The van der Waals surface area contributed by atoms with Crippen LogP contribution in [-0.2, 0) is 0 Å². The second kappa shape index (κ2) is 4.65. The van der Waals surface area contributed by atoms with Gasteiger partial charge in [-0.15, -0.1) is 0 Å². The van der Waals surface area contributed by atoms with Crippen LogP contribution in [0, 0.1) is 17.0 Å². The van der Waals surface area contributed by atoms with Crippen molar-refractivity contribution in [2.45, 2.75) is 6.92 Å². The van der Waals surface area contributed by atoms with Crippen LogP contribution in [0.4, 0.5) is 17.2 Å². The van der Waals surface area contributed by atoms with Gasteiger partial charge < -0.3 is 10.3 Å². The summed E-state index contributed by atoms with van der Waals surface area (Å²) in [6, 6.07) is 10.7. The van der Waals surface area contributed by atoms with Crippen LogP contribution in [0.25, 0.3) is 10.9 Å². The van der Waals surface area contributed by atoms with Crippen LogP contribution in [0.5, 0.6) is 0 Å². The maximum absolute atomic E-state index is 10.9. The lowest BCUT2D eigenvalue weighted by molar-refractivity contribution is -0.384. The van der Waals surface area contributed by atoms with Gasteiger partial charge in [0, 0.05) is 34.5 Å². The lowest BCUT2D eigenvalue weighted by Crippen LogP contribution is -1.98. The van der Waals surface area contributed by atoms with E-state index in [9.17, 15) is 10.1 Å². The number of nitrogens with one attached hydrogen (secondary N) is 2. The summed E-state index contributed by atoms with van der Waals surface area (Å²) in [6.45, 7) is 1.98. The smallest absolute Gasteiger partial charge is 0.311 e. The van der Waals surface area contributed by atoms with Gasteiger partial charge in [0.1, 0.15) is 0 Å². The molecule has 2 N–H and O–H groups in total. The number of hydrogen-bond acceptors (Lipinski definition) is 4. The van der Waals surface area contributed by atoms with E-state index in [0.29, 0.717) is 0 Å². The van der Waals surface area contributed by atoms with Crippen molar-refractivity contribution in [1.29, 1.82) is 0 Å². The zero-order valence-electron chi connectivity index (χ0n) is 10.8. The standard InChI is InChI=1S/C14H12N4O2/c1-9-7-10-8-11(4-5-12(10)16-9)17-14-13(18(19)20)3-2-6-15-14/h2-8,16H,1H3,(H,15,17). The first kappa shape index (κ1) is 12.2. The number of aromatic nitrogens is 2. The van der Waals surface area contributed by atoms with Crippen molar-refractivity contribution in [3.63, 3.8) is 0 Å². The minimum Gasteiger partial charge on any atom is -0.359 e. The molecule has 0 fully saturated rings. The molecule has 3 rings (SSSR count). The summed E-state index contributed by atoms with van der Waals surface area (Å²) < 4.78 is 0. The van der Waals surface area contributed by atoms with Crippen molar-refractivity contribution in [3.05, 3.63) is 58.4 Å². The fraction of sp³-hybridized carbons (Fsp3) is 0.0714. The molecule has 0 saturated heterocycles. The van der Waals surface area contributed by atoms with E-state index in [1.54, 1.807) is 6.07 Å². The van der Waals surface area contributed by atoms with Crippen LogP contribution in [0.3, 0.4) is 0 Å². The normalized spacial score (nSPS) is 10.7. The molecule has 6 nitrogen and oxygen atoms in total. The Hall–Kier alpha value is -2.89. The molecule has 3 aromatic rings. The van der Waals surface area contributed by atoms with E-state index in [4.69, 9.17) is 0 Å². The summed E-state index contributed by atoms with van der Waals surface area (Å²) in [4.78, 5) is 17.7. The Kier molecular flexibility index (Phi) is 2.83. The Morgan fingerprint density at radius 3 is 2.95 bits per heavy atom. The topological polar surface area (TPSA) is 83.8 Å². The van der Waals surface area contributed by atoms with Gasteiger partial charge in [-0.25, -0.2) is 4.98 Å². The van der Waals surface area contributed by atoms with Gasteiger partial charge in [0.2, 0.25) is 5.82 Å². The molecule has 0 aliphatic heterocycles. The van der Waals surface area contributed by atoms with Crippen LogP contribution in [0.15, 0.2) is 42.6 Å². The molecule has 100 valence electrons. The fourth-order valence-electron chi connectivity index (χ4n) is 2.13. The Morgan fingerprint density at radius 1 is 1.30 bits per heavy atom. The molecule has 2 heterocycles. The largest absolute Gasteiger partial charge is 0.359 e. The Labute approximate surface area is 114 Å². The molecule has 0 unspecified atom stereocenters. The van der Waals surface area contributed by atoms with Crippen LogP contribution >= 0.6 is 0 Å². The van der Waals surface area contributed by atoms with Gasteiger partial charge >= 0.3 is 5.69 Å². The number of aromatic amines is 1. The first-order valence-electron chi connectivity index (χ1n) is 6.09. The lowest BCUT2D eigenvalue weighted by Gasteiger charge is -2.05. The van der Waals surface area contributed by atoms with Gasteiger partial charge in [-0.3, -0.25) is 10.1 Å². The van der Waals surface area contributed by atoms with Gasteiger partial charge in [0.25, 0.3) is 0 Å². The third kappa shape index (κ3) is 2.18. The first-order valence-corrected chi connectivity index (χ1v) is 6.09. The summed E-state index contributed by atoms with van der Waals surface area (Å²) in [5.74, 6) is 0.240. The van der Waals surface area contributed by atoms with E-state index < -0.39 is 4.92 Å². The van der Waals surface area contributed by atoms with Gasteiger partial charge in [-0.2, -0.15) is 0 Å². The predicted octanol–water partition coefficient (Wildman–Crippen LogP) is 3.52. The Morgan fingerprint density at radius 2 is 2.15 bits per heavy atom. The van der Waals surface area contributed by atoms with E-state index >= 15 is 0 Å². The molecule has 0 spiro atoms. The summed E-state index contributed by atoms with van der Waals surface area (Å²) in [5.41, 5.74) is 2.82. The summed E-state index contributed by atoms with van der Waals surface area (Å²) in [6.07, 6.45) is 1.52. The minimum absolute atomic E-state index is 0.0437. The number of anilines is 2. The molecule has 2 aromatic heterocycles. The average molecular weight is 268 g/mol. The SMILES string of the molecule is Cc1cc2cc(Nc3ncccc3[N+](=O)[O-])ccc2[nH]1. The van der Waals surface area contributed by atoms with E-state index in [2.05, 4.69) is 15.3 Å². The van der Waals surface area contributed by atoms with E-state index in [-0.39, 0.29) is 11.5 Å². The van der Waals surface area contributed by atoms with E-state index in [1.165, 1.54) is 12.3 Å². The molecule has 0 saturated carbocycles. The van der Waals surface area contributed by atoms with Gasteiger partial charge in [0.15, 0.2) is 0 Å². The van der Waals surface area contributed by atoms with Gasteiger partial charge in [-0.1, -0.05) is 0 Å². The summed E-state index contributed by atoms with van der Waals surface area (Å²) in [5, 5.41) is 15.0. The highest BCUT2D eigenvalue weighted by atomic mass is 16.6. The molecule has 0 bridgehead atoms. The second-order valence-corrected chi connectivity index (χ2v) is 4.51. The third-order valence-electron chi connectivity index (χ3n) is 3.00. The molecule has 0 aliphatic carbocycles. The zero-order valence-corrected chi connectivity index (χ0v) is 10.8. The van der Waals surface area contributed by atoms with Crippen molar-refractivity contribution in [2.24, 2.45) is 0 Å². The van der Waals surface area contributed by atoms with Crippen LogP contribution in [-0.4, -0.2) is 14.9 Å². The zero-order chi connectivity index (χ0) is 14.1. The molecule has 6 heteroatoms. The molecule has 1 aromatic carbocycles. The highest BCUT2D eigenvalue weighted by Gasteiger charge is 2.14. The van der Waals surface area contributed by atoms with Gasteiger partial charge in [0.05, 0.1) is 4.92 Å². The molecular weight excluding hydrogens is 256 g/mol. The Bertz CT molecular complexity index is 795. The molecule has 0 amide bonds. The molecule has 0 radical (unpaired) electrons. The third-order valence-corrected chi connectivity index (χ3v) is 3.00. The molecule has 20 heavy (non-hydrogen) atoms. The average Bonchev–Trinajstić information content (AvgIpc) is 2.78. The van der Waals surface area contributed by atoms with Gasteiger partial charge in [-0.05, 0) is 37.3 Å². The molecule has 0 aliphatic rings. The number of rotatable bonds is 3. The maximum Gasteiger partial charge on any atom is 0.311 e. The van der Waals surface area contributed by atoms with Crippen LogP contribution in [0.2, 0.25) is 0 Å². The highest BCUT2D eigenvalue weighted by molar-refractivity contribution is 5.85. The van der Waals surface area contributed by atoms with Crippen molar-refractivity contribution in [2.75, 3.05) is 5.32 Å². The van der Waals surface area contributed by atoms with Crippen molar-refractivity contribution in [3.8, 4) is 0 Å². The predicted molar refractivity (Wildman–Crippen MR) is 77.2 cm³/mol. The summed E-state index contributed by atoms with van der Waals surface area (Å²) >= 11 is 0. The van der Waals surface area contributed by atoms with Crippen molar-refractivity contribution < 1.29 is 4.92 Å². The molecule has 0 atom stereocenters. The summed E-state index contributed by atoms with van der Waals surface area (Å²) in [7, 11) is 0. The minimum atomic E-state index is -0.450. The number of H-pyrrole nitrogens is 1. The van der Waals surface area contributed by atoms with Crippen molar-refractivity contribution >= 4 is 28.1 Å². The lowest BCUT2D eigenvalue weighted by atomic mass is 10.2. The van der Waals surface area contributed by atoms with E-state index in [1.807, 2.05) is 31.2 Å². The fourth-order valence-corrected chi connectivity index (χ4v) is 2.13. The quantitative estimate of drug-likeness (QED) is 0.562. The second-order valence-electron chi connectivity index (χ2n) is 4.51. The van der Waals surface area contributed by atoms with Crippen LogP contribution in [0.1, 0.15) is 5.69 Å². The first-order chi connectivity index (χ1) is 9.63. The number of hydrogen-bond donors (Lipinski definition) is 2. The number of benzene rings is 1. The van der Waals surface area contributed by atoms with Crippen molar-refractivity contribution in [1.82, 2.24) is 9.97 Å². The van der Waals surface area contributed by atoms with E-state index in [0.717, 1.165) is 22.3 Å². The highest BCUT2D eigenvalue weighted by Crippen LogP contribution is 2.26. The number of pyridine rings is 1. The van der Waals surface area contributed by atoms with Crippen LogP contribution < -0.4 is 5.32 Å².